The summed E-state index contributed by atoms with van der Waals surface area (Å²) >= 11 is 1.58. The molecule has 0 unspecified atom stereocenters. The Balaban J connectivity index is 2.23. The molecule has 4 nitrogen and oxygen atoms in total. The monoisotopic (exact) mass is 318 g/mol. The van der Waals surface area contributed by atoms with E-state index in [1.807, 2.05) is 51.1 Å². The van der Waals surface area contributed by atoms with E-state index in [0.29, 0.717) is 5.88 Å². The molecule has 1 N–H and O–H groups in total. The van der Waals surface area contributed by atoms with Gasteiger partial charge in [-0.3, -0.25) is 0 Å². The third-order valence-electron chi connectivity index (χ3n) is 2.83. The largest absolute Gasteiger partial charge is 0.414 e. The smallest absolute Gasteiger partial charge is 0.390 e. The molecule has 118 valence electrons. The molecule has 0 saturated heterocycles. The standard InChI is InChI=1S/C17H22N2O2S/c1-5-9-13-14(21-16(20)19-17(2,3)4)18-15(22-13)12-10-7-6-8-11-12/h6-8,10-11H,5,9H2,1-4H3,(H,19,20). The van der Waals surface area contributed by atoms with Gasteiger partial charge < -0.3 is 10.1 Å². The highest BCUT2D eigenvalue weighted by Crippen LogP contribution is 2.33. The highest BCUT2D eigenvalue weighted by molar-refractivity contribution is 7.15. The summed E-state index contributed by atoms with van der Waals surface area (Å²) < 4.78 is 5.43. The van der Waals surface area contributed by atoms with E-state index in [1.54, 1.807) is 11.3 Å². The van der Waals surface area contributed by atoms with Gasteiger partial charge in [0.15, 0.2) is 0 Å². The fourth-order valence-corrected chi connectivity index (χ4v) is 3.02. The summed E-state index contributed by atoms with van der Waals surface area (Å²) in [5.41, 5.74) is 0.705. The van der Waals surface area contributed by atoms with Gasteiger partial charge in [-0.15, -0.1) is 11.3 Å². The first kappa shape index (κ1) is 16.5. The van der Waals surface area contributed by atoms with Crippen molar-refractivity contribution < 1.29 is 9.53 Å². The van der Waals surface area contributed by atoms with Gasteiger partial charge in [-0.25, -0.2) is 9.78 Å². The van der Waals surface area contributed by atoms with Gasteiger partial charge >= 0.3 is 6.09 Å². The molecule has 1 amide bonds. The van der Waals surface area contributed by atoms with Crippen LogP contribution in [0.3, 0.4) is 0 Å². The van der Waals surface area contributed by atoms with Crippen molar-refractivity contribution in [3.8, 4) is 16.5 Å². The molecule has 0 aliphatic heterocycles. The number of hydrogen-bond donors (Lipinski definition) is 1. The van der Waals surface area contributed by atoms with Crippen LogP contribution in [0.5, 0.6) is 5.88 Å². The number of ether oxygens (including phenoxy) is 1. The second-order valence-corrected chi connectivity index (χ2v) is 7.21. The van der Waals surface area contributed by atoms with Crippen LogP contribution in [0.15, 0.2) is 30.3 Å². The van der Waals surface area contributed by atoms with Crippen molar-refractivity contribution >= 4 is 17.4 Å². The van der Waals surface area contributed by atoms with Gasteiger partial charge in [-0.1, -0.05) is 43.7 Å². The SMILES string of the molecule is CCCc1sc(-c2ccccc2)nc1OC(=O)NC(C)(C)C. The quantitative estimate of drug-likeness (QED) is 0.892. The van der Waals surface area contributed by atoms with Crippen molar-refractivity contribution in [2.24, 2.45) is 0 Å². The Bertz CT molecular complexity index is 630. The predicted octanol–water partition coefficient (Wildman–Crippen LogP) is 4.65. The molecule has 1 heterocycles. The molecule has 0 aliphatic carbocycles. The molecule has 0 radical (unpaired) electrons. The van der Waals surface area contributed by atoms with Gasteiger partial charge in [0, 0.05) is 11.1 Å². The van der Waals surface area contributed by atoms with Crippen molar-refractivity contribution in [1.82, 2.24) is 10.3 Å². The molecule has 0 bridgehead atoms. The lowest BCUT2D eigenvalue weighted by atomic mass is 10.1. The van der Waals surface area contributed by atoms with Crippen molar-refractivity contribution in [2.75, 3.05) is 0 Å². The number of carbonyl (C=O) groups is 1. The van der Waals surface area contributed by atoms with Crippen LogP contribution < -0.4 is 10.1 Å². The van der Waals surface area contributed by atoms with Crippen molar-refractivity contribution in [3.63, 3.8) is 0 Å². The fourth-order valence-electron chi connectivity index (χ4n) is 1.93. The van der Waals surface area contributed by atoms with Gasteiger partial charge in [0.05, 0.1) is 4.88 Å². The predicted molar refractivity (Wildman–Crippen MR) is 90.5 cm³/mol. The zero-order chi connectivity index (χ0) is 16.2. The zero-order valence-electron chi connectivity index (χ0n) is 13.5. The number of amides is 1. The molecule has 1 aromatic carbocycles. The van der Waals surface area contributed by atoms with Crippen molar-refractivity contribution in [1.29, 1.82) is 0 Å². The average Bonchev–Trinajstić information content (AvgIpc) is 2.81. The minimum Gasteiger partial charge on any atom is -0.390 e. The van der Waals surface area contributed by atoms with E-state index in [-0.39, 0.29) is 5.54 Å². The number of benzene rings is 1. The first-order chi connectivity index (χ1) is 10.4. The molecule has 2 rings (SSSR count). The first-order valence-corrected chi connectivity index (χ1v) is 8.26. The molecule has 0 fully saturated rings. The maximum atomic E-state index is 12.0. The van der Waals surface area contributed by atoms with Crippen LogP contribution in [0.4, 0.5) is 4.79 Å². The number of aryl methyl sites for hydroxylation is 1. The minimum atomic E-state index is -0.463. The minimum absolute atomic E-state index is 0.333. The normalized spacial score (nSPS) is 11.3. The second kappa shape index (κ2) is 6.92. The molecular weight excluding hydrogens is 296 g/mol. The number of rotatable bonds is 4. The summed E-state index contributed by atoms with van der Waals surface area (Å²) in [5.74, 6) is 0.424. The lowest BCUT2D eigenvalue weighted by molar-refractivity contribution is 0.188. The van der Waals surface area contributed by atoms with Crippen LogP contribution in [0.2, 0.25) is 0 Å². The summed E-state index contributed by atoms with van der Waals surface area (Å²) in [7, 11) is 0. The van der Waals surface area contributed by atoms with E-state index in [9.17, 15) is 4.79 Å². The van der Waals surface area contributed by atoms with Crippen LogP contribution in [0.25, 0.3) is 10.6 Å². The van der Waals surface area contributed by atoms with Crippen LogP contribution in [0, 0.1) is 0 Å². The molecular formula is C17H22N2O2S. The van der Waals surface area contributed by atoms with Gasteiger partial charge in [0.2, 0.25) is 5.88 Å². The van der Waals surface area contributed by atoms with E-state index in [0.717, 1.165) is 28.3 Å². The Kier molecular flexibility index (Phi) is 5.19. The van der Waals surface area contributed by atoms with Crippen LogP contribution in [-0.4, -0.2) is 16.6 Å². The van der Waals surface area contributed by atoms with Crippen molar-refractivity contribution in [3.05, 3.63) is 35.2 Å². The summed E-state index contributed by atoms with van der Waals surface area (Å²) in [4.78, 5) is 17.5. The molecule has 22 heavy (non-hydrogen) atoms. The van der Waals surface area contributed by atoms with Gasteiger partial charge in [0.1, 0.15) is 5.01 Å². The Morgan fingerprint density at radius 1 is 1.27 bits per heavy atom. The lowest BCUT2D eigenvalue weighted by Crippen LogP contribution is -2.42. The summed E-state index contributed by atoms with van der Waals surface area (Å²) in [6.07, 6.45) is 1.37. The number of thiazole rings is 1. The highest BCUT2D eigenvalue weighted by atomic mass is 32.1. The Hall–Kier alpha value is -1.88. The molecule has 0 atom stereocenters. The van der Waals surface area contributed by atoms with E-state index < -0.39 is 6.09 Å². The average molecular weight is 318 g/mol. The van der Waals surface area contributed by atoms with Crippen molar-refractivity contribution in [2.45, 2.75) is 46.1 Å². The van der Waals surface area contributed by atoms with Gasteiger partial charge in [-0.2, -0.15) is 0 Å². The molecule has 1 aromatic heterocycles. The lowest BCUT2D eigenvalue weighted by Gasteiger charge is -2.19. The Morgan fingerprint density at radius 2 is 1.95 bits per heavy atom. The number of nitrogens with one attached hydrogen (secondary N) is 1. The van der Waals surface area contributed by atoms with Crippen LogP contribution >= 0.6 is 11.3 Å². The number of carbonyl (C=O) groups excluding carboxylic acids is 1. The number of aromatic nitrogens is 1. The Morgan fingerprint density at radius 3 is 2.55 bits per heavy atom. The van der Waals surface area contributed by atoms with Gasteiger partial charge in [-0.05, 0) is 27.2 Å². The summed E-state index contributed by atoms with van der Waals surface area (Å²) in [6.45, 7) is 7.84. The van der Waals surface area contributed by atoms with Crippen LogP contribution in [0.1, 0.15) is 39.0 Å². The summed E-state index contributed by atoms with van der Waals surface area (Å²) in [5, 5.41) is 3.67. The summed E-state index contributed by atoms with van der Waals surface area (Å²) in [6, 6.07) is 9.94. The fraction of sp³-hybridized carbons (Fsp3) is 0.412. The first-order valence-electron chi connectivity index (χ1n) is 7.44. The zero-order valence-corrected chi connectivity index (χ0v) is 14.3. The molecule has 0 spiro atoms. The maximum Gasteiger partial charge on any atom is 0.414 e. The molecule has 2 aromatic rings. The molecule has 0 aliphatic rings. The third kappa shape index (κ3) is 4.56. The maximum absolute atomic E-state index is 12.0. The molecule has 5 heteroatoms. The Labute approximate surface area is 135 Å². The topological polar surface area (TPSA) is 51.2 Å². The van der Waals surface area contributed by atoms with E-state index in [1.165, 1.54) is 0 Å². The van der Waals surface area contributed by atoms with Crippen LogP contribution in [-0.2, 0) is 6.42 Å². The van der Waals surface area contributed by atoms with Gasteiger partial charge in [0.25, 0.3) is 0 Å². The number of nitrogens with zero attached hydrogens (tertiary/aromatic N) is 1. The van der Waals surface area contributed by atoms with E-state index in [2.05, 4.69) is 17.2 Å². The van der Waals surface area contributed by atoms with E-state index >= 15 is 0 Å². The number of hydrogen-bond acceptors (Lipinski definition) is 4. The molecule has 0 saturated carbocycles. The highest BCUT2D eigenvalue weighted by Gasteiger charge is 2.19. The van der Waals surface area contributed by atoms with E-state index in [4.69, 9.17) is 4.74 Å². The third-order valence-corrected chi connectivity index (χ3v) is 3.97. The second-order valence-electron chi connectivity index (χ2n) is 6.13.